The van der Waals surface area contributed by atoms with Gasteiger partial charge in [-0.05, 0) is 18.4 Å². The number of hydrogen-bond acceptors (Lipinski definition) is 3. The van der Waals surface area contributed by atoms with Gasteiger partial charge in [0.1, 0.15) is 17.4 Å². The second-order valence-corrected chi connectivity index (χ2v) is 3.00. The van der Waals surface area contributed by atoms with E-state index in [1.54, 1.807) is 24.9 Å². The Balaban J connectivity index is 3.25. The zero-order valence-corrected chi connectivity index (χ0v) is 7.81. The largest absolute Gasteiger partial charge is 0.495 e. The lowest BCUT2D eigenvalue weighted by Gasteiger charge is -2.04. The van der Waals surface area contributed by atoms with Crippen molar-refractivity contribution in [3.63, 3.8) is 0 Å². The Hall–Kier alpha value is -1.14. The van der Waals surface area contributed by atoms with Crippen molar-refractivity contribution < 1.29 is 4.74 Å². The lowest BCUT2D eigenvalue weighted by atomic mass is 10.2. The van der Waals surface area contributed by atoms with Crippen LogP contribution in [0.5, 0.6) is 5.75 Å². The monoisotopic (exact) mass is 179 g/mol. The first-order chi connectivity index (χ1) is 5.83. The van der Waals surface area contributed by atoms with Crippen LogP contribution >= 0.6 is 11.8 Å². The van der Waals surface area contributed by atoms with Crippen LogP contribution in [0.15, 0.2) is 23.1 Å². The summed E-state index contributed by atoms with van der Waals surface area (Å²) < 4.78 is 5.04. The highest BCUT2D eigenvalue weighted by atomic mass is 32.2. The Kier molecular flexibility index (Phi) is 3.01. The summed E-state index contributed by atoms with van der Waals surface area (Å²) in [5.41, 5.74) is 0.618. The summed E-state index contributed by atoms with van der Waals surface area (Å²) in [5.74, 6) is 0.643. The number of nitrogens with zero attached hydrogens (tertiary/aromatic N) is 1. The molecular formula is C9H9NOS. The molecule has 0 aliphatic rings. The van der Waals surface area contributed by atoms with Gasteiger partial charge in [0.05, 0.1) is 7.11 Å². The van der Waals surface area contributed by atoms with Gasteiger partial charge in [-0.1, -0.05) is 6.07 Å². The fourth-order valence-corrected chi connectivity index (χ4v) is 1.53. The summed E-state index contributed by atoms with van der Waals surface area (Å²) in [6.07, 6.45) is 1.94. The molecular weight excluding hydrogens is 170 g/mol. The number of benzene rings is 1. The molecule has 0 fully saturated rings. The van der Waals surface area contributed by atoms with Gasteiger partial charge in [-0.3, -0.25) is 0 Å². The zero-order chi connectivity index (χ0) is 8.97. The van der Waals surface area contributed by atoms with Crippen molar-refractivity contribution in [3.05, 3.63) is 23.8 Å². The van der Waals surface area contributed by atoms with Crippen LogP contribution in [0.25, 0.3) is 0 Å². The highest BCUT2D eigenvalue weighted by molar-refractivity contribution is 7.98. The Morgan fingerprint density at radius 2 is 2.25 bits per heavy atom. The average Bonchev–Trinajstić information content (AvgIpc) is 2.16. The third-order valence-electron chi connectivity index (χ3n) is 1.54. The third kappa shape index (κ3) is 1.54. The fraction of sp³-hybridized carbons (Fsp3) is 0.222. The molecule has 0 radical (unpaired) electrons. The van der Waals surface area contributed by atoms with Gasteiger partial charge in [-0.2, -0.15) is 5.26 Å². The minimum absolute atomic E-state index is 0.618. The molecule has 1 rings (SSSR count). The molecule has 62 valence electrons. The third-order valence-corrected chi connectivity index (χ3v) is 2.32. The van der Waals surface area contributed by atoms with Crippen LogP contribution in [0.3, 0.4) is 0 Å². The molecule has 0 saturated heterocycles. The Morgan fingerprint density at radius 3 is 2.75 bits per heavy atom. The van der Waals surface area contributed by atoms with E-state index < -0.39 is 0 Å². The minimum Gasteiger partial charge on any atom is -0.495 e. The number of thioether (sulfide) groups is 1. The molecule has 0 amide bonds. The molecule has 0 heterocycles. The van der Waals surface area contributed by atoms with Crippen molar-refractivity contribution >= 4 is 11.8 Å². The highest BCUT2D eigenvalue weighted by Gasteiger charge is 2.05. The molecule has 1 aromatic rings. The Morgan fingerprint density at radius 1 is 1.50 bits per heavy atom. The van der Waals surface area contributed by atoms with Crippen molar-refractivity contribution in [1.29, 1.82) is 5.26 Å². The highest BCUT2D eigenvalue weighted by Crippen LogP contribution is 2.27. The van der Waals surface area contributed by atoms with E-state index in [4.69, 9.17) is 10.00 Å². The topological polar surface area (TPSA) is 33.0 Å². The van der Waals surface area contributed by atoms with E-state index in [-0.39, 0.29) is 0 Å². The van der Waals surface area contributed by atoms with Crippen molar-refractivity contribution in [2.45, 2.75) is 4.90 Å². The molecule has 12 heavy (non-hydrogen) atoms. The molecule has 0 aliphatic heterocycles. The van der Waals surface area contributed by atoms with Gasteiger partial charge in [0.25, 0.3) is 0 Å². The van der Waals surface area contributed by atoms with E-state index in [9.17, 15) is 0 Å². The van der Waals surface area contributed by atoms with Gasteiger partial charge < -0.3 is 4.74 Å². The second kappa shape index (κ2) is 4.03. The fourth-order valence-electron chi connectivity index (χ4n) is 0.961. The van der Waals surface area contributed by atoms with E-state index in [2.05, 4.69) is 6.07 Å². The van der Waals surface area contributed by atoms with Crippen LogP contribution in [-0.2, 0) is 0 Å². The molecule has 0 spiro atoms. The van der Waals surface area contributed by atoms with Crippen molar-refractivity contribution in [2.75, 3.05) is 13.4 Å². The van der Waals surface area contributed by atoms with Gasteiger partial charge >= 0.3 is 0 Å². The molecule has 0 unspecified atom stereocenters. The first kappa shape index (κ1) is 8.95. The van der Waals surface area contributed by atoms with Crippen LogP contribution in [0.2, 0.25) is 0 Å². The summed E-state index contributed by atoms with van der Waals surface area (Å²) in [5, 5.41) is 8.82. The Bertz CT molecular complexity index is 295. The van der Waals surface area contributed by atoms with Crippen molar-refractivity contribution in [2.24, 2.45) is 0 Å². The summed E-state index contributed by atoms with van der Waals surface area (Å²) in [6.45, 7) is 0. The lowest BCUT2D eigenvalue weighted by molar-refractivity contribution is 0.412. The molecule has 1 aromatic carbocycles. The summed E-state index contributed by atoms with van der Waals surface area (Å²) in [7, 11) is 1.57. The summed E-state index contributed by atoms with van der Waals surface area (Å²) in [6, 6.07) is 7.70. The molecule has 0 saturated carbocycles. The number of methoxy groups -OCH3 is 1. The average molecular weight is 179 g/mol. The maximum Gasteiger partial charge on any atom is 0.137 e. The van der Waals surface area contributed by atoms with Crippen LogP contribution < -0.4 is 4.74 Å². The van der Waals surface area contributed by atoms with E-state index >= 15 is 0 Å². The quantitative estimate of drug-likeness (QED) is 0.653. The molecule has 3 heteroatoms. The Labute approximate surface area is 76.2 Å². The molecule has 0 bridgehead atoms. The normalized spacial score (nSPS) is 9.08. The van der Waals surface area contributed by atoms with E-state index in [1.807, 2.05) is 18.4 Å². The predicted octanol–water partition coefficient (Wildman–Crippen LogP) is 2.29. The van der Waals surface area contributed by atoms with Crippen LogP contribution in [-0.4, -0.2) is 13.4 Å². The zero-order valence-electron chi connectivity index (χ0n) is 7.00. The SMILES string of the molecule is COc1cccc(SC)c1C#N. The maximum atomic E-state index is 8.82. The molecule has 2 nitrogen and oxygen atoms in total. The summed E-state index contributed by atoms with van der Waals surface area (Å²) >= 11 is 1.55. The van der Waals surface area contributed by atoms with Crippen LogP contribution in [0, 0.1) is 11.3 Å². The smallest absolute Gasteiger partial charge is 0.137 e. The second-order valence-electron chi connectivity index (χ2n) is 2.15. The number of hydrogen-bond donors (Lipinski definition) is 0. The number of ether oxygens (including phenoxy) is 1. The van der Waals surface area contributed by atoms with E-state index in [1.165, 1.54) is 0 Å². The summed E-state index contributed by atoms with van der Waals surface area (Å²) in [4.78, 5) is 0.955. The molecule has 0 aromatic heterocycles. The number of nitriles is 1. The number of rotatable bonds is 2. The minimum atomic E-state index is 0.618. The van der Waals surface area contributed by atoms with Crippen LogP contribution in [0.4, 0.5) is 0 Å². The van der Waals surface area contributed by atoms with Gasteiger partial charge in [0.2, 0.25) is 0 Å². The molecule has 0 aliphatic carbocycles. The van der Waals surface area contributed by atoms with Gasteiger partial charge in [0, 0.05) is 4.90 Å². The molecule has 0 atom stereocenters. The standard InChI is InChI=1S/C9H9NOS/c1-11-8-4-3-5-9(12-2)7(8)6-10/h3-5H,1-2H3. The predicted molar refractivity (Wildman–Crippen MR) is 49.5 cm³/mol. The van der Waals surface area contributed by atoms with Gasteiger partial charge in [0.15, 0.2) is 0 Å². The lowest BCUT2D eigenvalue weighted by Crippen LogP contribution is -1.89. The first-order valence-electron chi connectivity index (χ1n) is 3.44. The van der Waals surface area contributed by atoms with Crippen LogP contribution in [0.1, 0.15) is 5.56 Å². The maximum absolute atomic E-state index is 8.82. The molecule has 0 N–H and O–H groups in total. The van der Waals surface area contributed by atoms with E-state index in [0.29, 0.717) is 11.3 Å². The van der Waals surface area contributed by atoms with Gasteiger partial charge in [-0.25, -0.2) is 0 Å². The van der Waals surface area contributed by atoms with Crippen molar-refractivity contribution in [3.8, 4) is 11.8 Å². The van der Waals surface area contributed by atoms with Gasteiger partial charge in [-0.15, -0.1) is 11.8 Å². The van der Waals surface area contributed by atoms with E-state index in [0.717, 1.165) is 4.90 Å². The van der Waals surface area contributed by atoms with Crippen molar-refractivity contribution in [1.82, 2.24) is 0 Å². The first-order valence-corrected chi connectivity index (χ1v) is 4.67.